The summed E-state index contributed by atoms with van der Waals surface area (Å²) in [6.45, 7) is 9.64. The first kappa shape index (κ1) is 17.2. The van der Waals surface area contributed by atoms with Crippen LogP contribution in [0, 0.1) is 0 Å². The lowest BCUT2D eigenvalue weighted by Gasteiger charge is -2.41. The second kappa shape index (κ2) is 6.55. The third kappa shape index (κ3) is 4.43. The Bertz CT molecular complexity index is 537. The molecule has 0 radical (unpaired) electrons. The van der Waals surface area contributed by atoms with Gasteiger partial charge in [-0.1, -0.05) is 23.2 Å². The molecule has 0 N–H and O–H groups in total. The summed E-state index contributed by atoms with van der Waals surface area (Å²) in [4.78, 5) is 16.1. The average molecular weight is 345 g/mol. The molecule has 1 aliphatic heterocycles. The second-order valence-electron chi connectivity index (χ2n) is 6.60. The van der Waals surface area contributed by atoms with E-state index in [1.165, 1.54) is 0 Å². The summed E-state index contributed by atoms with van der Waals surface area (Å²) in [6, 6.07) is 5.67. The molecule has 1 aromatic carbocycles. The van der Waals surface area contributed by atoms with Gasteiger partial charge < -0.3 is 14.5 Å². The van der Waals surface area contributed by atoms with Gasteiger partial charge in [-0.15, -0.1) is 0 Å². The summed E-state index contributed by atoms with van der Waals surface area (Å²) in [5.74, 6) is 0. The number of benzene rings is 1. The lowest BCUT2D eigenvalue weighted by molar-refractivity contribution is 0.0219. The Morgan fingerprint density at radius 3 is 2.27 bits per heavy atom. The van der Waals surface area contributed by atoms with Crippen LogP contribution >= 0.6 is 23.2 Å². The lowest BCUT2D eigenvalue weighted by atomic mass is 10.1. The molecule has 1 aliphatic rings. The van der Waals surface area contributed by atoms with Crippen molar-refractivity contribution in [2.24, 2.45) is 0 Å². The largest absolute Gasteiger partial charge is 0.444 e. The van der Waals surface area contributed by atoms with Crippen molar-refractivity contribution in [1.82, 2.24) is 4.90 Å². The van der Waals surface area contributed by atoms with E-state index < -0.39 is 5.60 Å². The van der Waals surface area contributed by atoms with E-state index in [0.29, 0.717) is 23.1 Å². The van der Waals surface area contributed by atoms with E-state index in [4.69, 9.17) is 27.9 Å². The minimum atomic E-state index is -0.474. The van der Waals surface area contributed by atoms with Crippen LogP contribution in [0.5, 0.6) is 0 Å². The zero-order valence-electron chi connectivity index (χ0n) is 13.4. The number of hydrogen-bond acceptors (Lipinski definition) is 3. The number of ether oxygens (including phenoxy) is 1. The van der Waals surface area contributed by atoms with Crippen molar-refractivity contribution in [3.63, 3.8) is 0 Å². The zero-order valence-corrected chi connectivity index (χ0v) is 14.9. The molecule has 1 aromatic rings. The molecule has 0 unspecified atom stereocenters. The number of nitrogens with zero attached hydrogens (tertiary/aromatic N) is 2. The van der Waals surface area contributed by atoms with Crippen LogP contribution in [0.2, 0.25) is 10.0 Å². The Morgan fingerprint density at radius 1 is 1.18 bits per heavy atom. The zero-order chi connectivity index (χ0) is 16.5. The maximum Gasteiger partial charge on any atom is 0.410 e. The van der Waals surface area contributed by atoms with Crippen molar-refractivity contribution < 1.29 is 9.53 Å². The first-order valence-corrected chi connectivity index (χ1v) is 8.12. The highest BCUT2D eigenvalue weighted by atomic mass is 35.5. The van der Waals surface area contributed by atoms with E-state index in [1.54, 1.807) is 11.0 Å². The maximum atomic E-state index is 12.2. The van der Waals surface area contributed by atoms with Crippen LogP contribution in [0.3, 0.4) is 0 Å². The Labute approximate surface area is 141 Å². The molecule has 0 spiro atoms. The van der Waals surface area contributed by atoms with Gasteiger partial charge in [-0.25, -0.2) is 4.79 Å². The smallest absolute Gasteiger partial charge is 0.410 e. The van der Waals surface area contributed by atoms with E-state index in [0.717, 1.165) is 12.2 Å². The normalized spacial score (nSPS) is 19.3. The van der Waals surface area contributed by atoms with Gasteiger partial charge in [0, 0.05) is 41.4 Å². The third-order valence-corrected chi connectivity index (χ3v) is 3.89. The van der Waals surface area contributed by atoms with Crippen molar-refractivity contribution in [2.75, 3.05) is 24.5 Å². The topological polar surface area (TPSA) is 32.8 Å². The number of halogens is 2. The van der Waals surface area contributed by atoms with E-state index in [2.05, 4.69) is 11.8 Å². The van der Waals surface area contributed by atoms with E-state index >= 15 is 0 Å². The summed E-state index contributed by atoms with van der Waals surface area (Å²) in [5.41, 5.74) is 0.506. The van der Waals surface area contributed by atoms with Crippen molar-refractivity contribution >= 4 is 35.0 Å². The highest BCUT2D eigenvalue weighted by Crippen LogP contribution is 2.28. The monoisotopic (exact) mass is 344 g/mol. The van der Waals surface area contributed by atoms with Crippen LogP contribution in [0.25, 0.3) is 0 Å². The van der Waals surface area contributed by atoms with Gasteiger partial charge in [0.2, 0.25) is 0 Å². The van der Waals surface area contributed by atoms with Gasteiger partial charge in [0.15, 0.2) is 0 Å². The number of carbonyl (C=O) groups is 1. The minimum absolute atomic E-state index is 0.163. The molecule has 1 atom stereocenters. The quantitative estimate of drug-likeness (QED) is 0.754. The molecule has 1 heterocycles. The van der Waals surface area contributed by atoms with Crippen molar-refractivity contribution in [2.45, 2.75) is 39.3 Å². The molecule has 1 amide bonds. The molecule has 0 saturated carbocycles. The second-order valence-corrected chi connectivity index (χ2v) is 7.47. The summed E-state index contributed by atoms with van der Waals surface area (Å²) in [7, 11) is 0. The maximum absolute atomic E-state index is 12.2. The Morgan fingerprint density at radius 2 is 1.77 bits per heavy atom. The molecule has 22 heavy (non-hydrogen) atoms. The number of piperazine rings is 1. The fourth-order valence-electron chi connectivity index (χ4n) is 2.54. The van der Waals surface area contributed by atoms with Gasteiger partial charge in [0.05, 0.1) is 0 Å². The molecule has 1 fully saturated rings. The van der Waals surface area contributed by atoms with Gasteiger partial charge >= 0.3 is 6.09 Å². The van der Waals surface area contributed by atoms with Gasteiger partial charge in [-0.05, 0) is 45.9 Å². The summed E-state index contributed by atoms with van der Waals surface area (Å²) >= 11 is 12.1. The van der Waals surface area contributed by atoms with Crippen LogP contribution < -0.4 is 4.90 Å². The van der Waals surface area contributed by atoms with Gasteiger partial charge in [0.1, 0.15) is 5.60 Å². The first-order chi connectivity index (χ1) is 10.2. The number of rotatable bonds is 1. The average Bonchev–Trinajstić information content (AvgIpc) is 2.35. The minimum Gasteiger partial charge on any atom is -0.444 e. The number of anilines is 1. The molecule has 1 saturated heterocycles. The molecular weight excluding hydrogens is 323 g/mol. The van der Waals surface area contributed by atoms with Crippen molar-refractivity contribution in [3.05, 3.63) is 28.2 Å². The molecule has 6 heteroatoms. The fraction of sp³-hybridized carbons (Fsp3) is 0.562. The predicted molar refractivity (Wildman–Crippen MR) is 91.1 cm³/mol. The van der Waals surface area contributed by atoms with Crippen LogP contribution in [-0.4, -0.2) is 42.3 Å². The number of amides is 1. The first-order valence-electron chi connectivity index (χ1n) is 7.36. The molecule has 0 aliphatic carbocycles. The molecule has 0 aromatic heterocycles. The van der Waals surface area contributed by atoms with Crippen LogP contribution in [0.4, 0.5) is 10.5 Å². The number of carbonyl (C=O) groups excluding carboxylic acids is 1. The Hall–Kier alpha value is -1.13. The standard InChI is InChI=1S/C16H22Cl2N2O2/c1-11-10-19(15(21)22-16(2,3)4)5-6-20(11)14-8-12(17)7-13(18)9-14/h7-9,11H,5-6,10H2,1-4H3/t11-/m0/s1. The van der Waals surface area contributed by atoms with Crippen LogP contribution in [-0.2, 0) is 4.74 Å². The van der Waals surface area contributed by atoms with E-state index in [-0.39, 0.29) is 12.1 Å². The van der Waals surface area contributed by atoms with Crippen molar-refractivity contribution in [1.29, 1.82) is 0 Å². The molecule has 122 valence electrons. The van der Waals surface area contributed by atoms with Crippen LogP contribution in [0.1, 0.15) is 27.7 Å². The predicted octanol–water partition coefficient (Wildman–Crippen LogP) is 4.44. The highest BCUT2D eigenvalue weighted by molar-refractivity contribution is 6.35. The Kier molecular flexibility index (Phi) is 5.13. The van der Waals surface area contributed by atoms with Crippen LogP contribution in [0.15, 0.2) is 18.2 Å². The van der Waals surface area contributed by atoms with Gasteiger partial charge in [0.25, 0.3) is 0 Å². The van der Waals surface area contributed by atoms with Gasteiger partial charge in [-0.3, -0.25) is 0 Å². The number of hydrogen-bond donors (Lipinski definition) is 0. The van der Waals surface area contributed by atoms with Crippen molar-refractivity contribution in [3.8, 4) is 0 Å². The van der Waals surface area contributed by atoms with E-state index in [1.807, 2.05) is 32.9 Å². The molecule has 4 nitrogen and oxygen atoms in total. The summed E-state index contributed by atoms with van der Waals surface area (Å²) < 4.78 is 5.43. The summed E-state index contributed by atoms with van der Waals surface area (Å²) in [5, 5.41) is 1.23. The molecule has 0 bridgehead atoms. The molecule has 2 rings (SSSR count). The van der Waals surface area contributed by atoms with Gasteiger partial charge in [-0.2, -0.15) is 0 Å². The van der Waals surface area contributed by atoms with E-state index in [9.17, 15) is 4.79 Å². The fourth-order valence-corrected chi connectivity index (χ4v) is 3.05. The molecular formula is C16H22Cl2N2O2. The SMILES string of the molecule is C[C@H]1CN(C(=O)OC(C)(C)C)CCN1c1cc(Cl)cc(Cl)c1. The highest BCUT2D eigenvalue weighted by Gasteiger charge is 2.30. The third-order valence-electron chi connectivity index (χ3n) is 3.46. The Balaban J connectivity index is 2.05. The summed E-state index contributed by atoms with van der Waals surface area (Å²) in [6.07, 6.45) is -0.261. The lowest BCUT2D eigenvalue weighted by Crippen LogP contribution is -2.54.